The van der Waals surface area contributed by atoms with Crippen LogP contribution in [0.15, 0.2) is 24.3 Å². The number of carbonyl (C=O) groups is 1. The molecule has 2 rings (SSSR count). The Morgan fingerprint density at radius 3 is 2.54 bits per heavy atom. The third-order valence-corrected chi connectivity index (χ3v) is 4.22. The highest BCUT2D eigenvalue weighted by atomic mass is 19.3. The number of carbonyl (C=O) groups excluding carboxylic acids is 1. The van der Waals surface area contributed by atoms with Gasteiger partial charge in [0, 0.05) is 25.6 Å². The Balaban J connectivity index is 1.66. The van der Waals surface area contributed by atoms with E-state index in [9.17, 15) is 13.6 Å². The number of halogens is 2. The normalized spacial score (nSPS) is 16.3. The molecule has 1 saturated heterocycles. The van der Waals surface area contributed by atoms with Gasteiger partial charge in [-0.2, -0.15) is 0 Å². The molecule has 0 spiro atoms. The number of aryl methyl sites for hydroxylation is 1. The van der Waals surface area contributed by atoms with Gasteiger partial charge < -0.3 is 10.1 Å². The summed E-state index contributed by atoms with van der Waals surface area (Å²) in [4.78, 5) is 13.8. The maximum absolute atomic E-state index is 12.3. The van der Waals surface area contributed by atoms with Crippen LogP contribution < -0.4 is 10.1 Å². The second-order valence-electron chi connectivity index (χ2n) is 6.11. The van der Waals surface area contributed by atoms with Gasteiger partial charge >= 0.3 is 0 Å². The lowest BCUT2D eigenvalue weighted by Gasteiger charge is -2.32. The van der Waals surface area contributed by atoms with Crippen molar-refractivity contribution in [1.29, 1.82) is 0 Å². The number of rotatable bonds is 8. The molecule has 1 aliphatic rings. The zero-order chi connectivity index (χ0) is 17.4. The predicted molar refractivity (Wildman–Crippen MR) is 89.5 cm³/mol. The number of amides is 1. The SMILES string of the molecule is CCOc1ccc(CCC(=O)NC2CCN(CC(F)F)CC2)cc1. The largest absolute Gasteiger partial charge is 0.494 e. The molecule has 1 fully saturated rings. The van der Waals surface area contributed by atoms with Gasteiger partial charge in [0.1, 0.15) is 5.75 Å². The number of ether oxygens (including phenoxy) is 1. The molecule has 0 aliphatic carbocycles. The molecule has 1 aromatic rings. The first-order valence-electron chi connectivity index (χ1n) is 8.58. The Morgan fingerprint density at radius 1 is 1.29 bits per heavy atom. The van der Waals surface area contributed by atoms with E-state index >= 15 is 0 Å². The van der Waals surface area contributed by atoms with Gasteiger partial charge in [0.2, 0.25) is 5.91 Å². The molecule has 134 valence electrons. The van der Waals surface area contributed by atoms with Crippen molar-refractivity contribution in [2.24, 2.45) is 0 Å². The average molecular weight is 340 g/mol. The van der Waals surface area contributed by atoms with E-state index in [0.717, 1.165) is 24.2 Å². The van der Waals surface area contributed by atoms with Gasteiger partial charge in [-0.05, 0) is 43.9 Å². The van der Waals surface area contributed by atoms with Crippen molar-refractivity contribution in [2.75, 3.05) is 26.2 Å². The van der Waals surface area contributed by atoms with E-state index in [0.29, 0.717) is 32.5 Å². The van der Waals surface area contributed by atoms with Crippen LogP contribution in [0, 0.1) is 0 Å². The summed E-state index contributed by atoms with van der Waals surface area (Å²) in [7, 11) is 0. The molecule has 0 radical (unpaired) electrons. The van der Waals surface area contributed by atoms with Crippen LogP contribution in [0.5, 0.6) is 5.75 Å². The standard InChI is InChI=1S/C18H26F2N2O2/c1-2-24-16-6-3-14(4-7-16)5-8-18(23)21-15-9-11-22(12-10-15)13-17(19)20/h3-4,6-7,15,17H,2,5,8-13H2,1H3,(H,21,23). The molecule has 1 heterocycles. The number of likely N-dealkylation sites (tertiary alicyclic amines) is 1. The van der Waals surface area contributed by atoms with Crippen molar-refractivity contribution in [3.63, 3.8) is 0 Å². The molecule has 1 N–H and O–H groups in total. The van der Waals surface area contributed by atoms with E-state index < -0.39 is 6.43 Å². The number of hydrogen-bond donors (Lipinski definition) is 1. The summed E-state index contributed by atoms with van der Waals surface area (Å²) in [5, 5.41) is 3.02. The molecule has 4 nitrogen and oxygen atoms in total. The second-order valence-corrected chi connectivity index (χ2v) is 6.11. The Morgan fingerprint density at radius 2 is 1.96 bits per heavy atom. The van der Waals surface area contributed by atoms with Crippen molar-refractivity contribution in [1.82, 2.24) is 10.2 Å². The number of nitrogens with one attached hydrogen (secondary N) is 1. The fourth-order valence-corrected chi connectivity index (χ4v) is 2.93. The van der Waals surface area contributed by atoms with Gasteiger partial charge in [-0.1, -0.05) is 12.1 Å². The molecule has 1 amide bonds. The molecule has 0 aromatic heterocycles. The summed E-state index contributed by atoms with van der Waals surface area (Å²) < 4.78 is 30.1. The predicted octanol–water partition coefficient (Wildman–Crippen LogP) is 2.86. The summed E-state index contributed by atoms with van der Waals surface area (Å²) >= 11 is 0. The molecule has 0 unspecified atom stereocenters. The number of piperidine rings is 1. The van der Waals surface area contributed by atoms with Crippen LogP contribution >= 0.6 is 0 Å². The number of hydrogen-bond acceptors (Lipinski definition) is 3. The Hall–Kier alpha value is -1.69. The molecular formula is C18H26F2N2O2. The monoisotopic (exact) mass is 340 g/mol. The second kappa shape index (κ2) is 9.57. The molecule has 1 aliphatic heterocycles. The smallest absolute Gasteiger partial charge is 0.251 e. The van der Waals surface area contributed by atoms with Crippen molar-refractivity contribution in [2.45, 2.75) is 45.1 Å². The Bertz CT molecular complexity index is 500. The van der Waals surface area contributed by atoms with Crippen molar-refractivity contribution in [3.8, 4) is 5.75 Å². The van der Waals surface area contributed by atoms with E-state index in [1.807, 2.05) is 31.2 Å². The lowest BCUT2D eigenvalue weighted by Crippen LogP contribution is -2.45. The first-order chi connectivity index (χ1) is 11.6. The molecular weight excluding hydrogens is 314 g/mol. The van der Waals surface area contributed by atoms with Crippen molar-refractivity contribution < 1.29 is 18.3 Å². The van der Waals surface area contributed by atoms with E-state index in [4.69, 9.17) is 4.74 Å². The Labute approximate surface area is 142 Å². The van der Waals surface area contributed by atoms with Crippen LogP contribution in [0.4, 0.5) is 8.78 Å². The topological polar surface area (TPSA) is 41.6 Å². The summed E-state index contributed by atoms with van der Waals surface area (Å²) in [6.45, 7) is 3.65. The first kappa shape index (κ1) is 18.6. The summed E-state index contributed by atoms with van der Waals surface area (Å²) in [5.74, 6) is 0.859. The summed E-state index contributed by atoms with van der Waals surface area (Å²) in [6, 6.07) is 7.87. The molecule has 0 saturated carbocycles. The minimum atomic E-state index is -2.29. The summed E-state index contributed by atoms with van der Waals surface area (Å²) in [5.41, 5.74) is 1.10. The average Bonchev–Trinajstić information content (AvgIpc) is 2.56. The van der Waals surface area contributed by atoms with E-state index in [-0.39, 0.29) is 18.5 Å². The van der Waals surface area contributed by atoms with Gasteiger partial charge in [0.25, 0.3) is 6.43 Å². The van der Waals surface area contributed by atoms with Crippen LogP contribution in [-0.4, -0.2) is 49.5 Å². The molecule has 6 heteroatoms. The van der Waals surface area contributed by atoms with E-state index in [1.165, 1.54) is 0 Å². The molecule has 0 bridgehead atoms. The zero-order valence-electron chi connectivity index (χ0n) is 14.1. The highest BCUT2D eigenvalue weighted by molar-refractivity contribution is 5.76. The van der Waals surface area contributed by atoms with Crippen LogP contribution in [0.2, 0.25) is 0 Å². The third kappa shape index (κ3) is 6.43. The van der Waals surface area contributed by atoms with Gasteiger partial charge in [0.05, 0.1) is 13.2 Å². The van der Waals surface area contributed by atoms with Crippen molar-refractivity contribution >= 4 is 5.91 Å². The van der Waals surface area contributed by atoms with E-state index in [1.54, 1.807) is 4.90 Å². The van der Waals surface area contributed by atoms with Crippen LogP contribution in [-0.2, 0) is 11.2 Å². The number of alkyl halides is 2. The third-order valence-electron chi connectivity index (χ3n) is 4.22. The lowest BCUT2D eigenvalue weighted by molar-refractivity contribution is -0.122. The van der Waals surface area contributed by atoms with Crippen LogP contribution in [0.1, 0.15) is 31.7 Å². The van der Waals surface area contributed by atoms with Gasteiger partial charge in [-0.15, -0.1) is 0 Å². The fourth-order valence-electron chi connectivity index (χ4n) is 2.93. The maximum atomic E-state index is 12.3. The highest BCUT2D eigenvalue weighted by Gasteiger charge is 2.22. The quantitative estimate of drug-likeness (QED) is 0.791. The van der Waals surface area contributed by atoms with E-state index in [2.05, 4.69) is 5.32 Å². The van der Waals surface area contributed by atoms with Gasteiger partial charge in [0.15, 0.2) is 0 Å². The first-order valence-corrected chi connectivity index (χ1v) is 8.58. The maximum Gasteiger partial charge on any atom is 0.251 e. The number of benzene rings is 1. The summed E-state index contributed by atoms with van der Waals surface area (Å²) in [6.07, 6.45) is 0.307. The zero-order valence-corrected chi connectivity index (χ0v) is 14.1. The van der Waals surface area contributed by atoms with Gasteiger partial charge in [-0.25, -0.2) is 8.78 Å². The van der Waals surface area contributed by atoms with Crippen molar-refractivity contribution in [3.05, 3.63) is 29.8 Å². The highest BCUT2D eigenvalue weighted by Crippen LogP contribution is 2.14. The Kier molecular flexibility index (Phi) is 7.43. The van der Waals surface area contributed by atoms with Crippen LogP contribution in [0.3, 0.4) is 0 Å². The molecule has 1 aromatic carbocycles. The number of nitrogens with zero attached hydrogens (tertiary/aromatic N) is 1. The minimum Gasteiger partial charge on any atom is -0.494 e. The minimum absolute atomic E-state index is 0.0243. The van der Waals surface area contributed by atoms with Crippen LogP contribution in [0.25, 0.3) is 0 Å². The molecule has 0 atom stereocenters. The lowest BCUT2D eigenvalue weighted by atomic mass is 10.0. The molecule has 24 heavy (non-hydrogen) atoms. The van der Waals surface area contributed by atoms with Gasteiger partial charge in [-0.3, -0.25) is 9.69 Å². The fraction of sp³-hybridized carbons (Fsp3) is 0.611.